The van der Waals surface area contributed by atoms with Gasteiger partial charge in [-0.3, -0.25) is 0 Å². The highest BCUT2D eigenvalue weighted by molar-refractivity contribution is 6.33. The zero-order valence-corrected chi connectivity index (χ0v) is 11.7. The molecule has 1 atom stereocenters. The van der Waals surface area contributed by atoms with Crippen molar-refractivity contribution in [2.45, 2.75) is 13.0 Å². The van der Waals surface area contributed by atoms with Crippen LogP contribution in [0.4, 0.5) is 5.69 Å². The Morgan fingerprint density at radius 3 is 2.37 bits per heavy atom. The summed E-state index contributed by atoms with van der Waals surface area (Å²) in [7, 11) is 1.57. The summed E-state index contributed by atoms with van der Waals surface area (Å²) in [6, 6.07) is 11.6. The lowest BCUT2D eigenvalue weighted by atomic mass is 9.94. The molecule has 3 nitrogen and oxygen atoms in total. The number of ether oxygens (including phenoxy) is 1. The van der Waals surface area contributed by atoms with Gasteiger partial charge in [-0.05, 0) is 24.1 Å². The molecule has 0 spiro atoms. The van der Waals surface area contributed by atoms with Crippen LogP contribution in [-0.4, -0.2) is 7.11 Å². The number of benzene rings is 2. The Balaban J connectivity index is 2.77. The summed E-state index contributed by atoms with van der Waals surface area (Å²) in [6.45, 7) is 1.90. The van der Waals surface area contributed by atoms with Gasteiger partial charge in [-0.25, -0.2) is 0 Å². The van der Waals surface area contributed by atoms with Crippen molar-refractivity contribution in [2.75, 3.05) is 12.8 Å². The van der Waals surface area contributed by atoms with Crippen LogP contribution < -0.4 is 16.2 Å². The molecule has 0 fully saturated rings. The number of rotatable bonds is 3. The third-order valence-corrected chi connectivity index (χ3v) is 3.36. The second-order valence-electron chi connectivity index (χ2n) is 4.42. The Kier molecular flexibility index (Phi) is 3.98. The molecule has 4 heteroatoms. The van der Waals surface area contributed by atoms with Gasteiger partial charge < -0.3 is 16.2 Å². The van der Waals surface area contributed by atoms with Crippen molar-refractivity contribution in [3.63, 3.8) is 0 Å². The van der Waals surface area contributed by atoms with Gasteiger partial charge in [-0.1, -0.05) is 41.9 Å². The van der Waals surface area contributed by atoms with Crippen molar-refractivity contribution >= 4 is 17.3 Å². The monoisotopic (exact) mass is 276 g/mol. The van der Waals surface area contributed by atoms with Crippen LogP contribution in [0.5, 0.6) is 5.75 Å². The molecule has 4 N–H and O–H groups in total. The molecule has 0 aliphatic carbocycles. The molecule has 100 valence electrons. The first-order valence-electron chi connectivity index (χ1n) is 6.03. The minimum Gasteiger partial charge on any atom is -0.494 e. The second-order valence-corrected chi connectivity index (χ2v) is 4.83. The molecule has 0 bridgehead atoms. The number of methoxy groups -OCH3 is 1. The zero-order valence-electron chi connectivity index (χ0n) is 11.0. The van der Waals surface area contributed by atoms with Crippen LogP contribution in [0, 0.1) is 0 Å². The minimum atomic E-state index is -0.204. The number of anilines is 1. The fraction of sp³-hybridized carbons (Fsp3) is 0.200. The van der Waals surface area contributed by atoms with Crippen LogP contribution in [0.15, 0.2) is 36.4 Å². The predicted octanol–water partition coefficient (Wildman–Crippen LogP) is 3.62. The van der Waals surface area contributed by atoms with E-state index in [-0.39, 0.29) is 6.04 Å². The molecule has 19 heavy (non-hydrogen) atoms. The lowest BCUT2D eigenvalue weighted by molar-refractivity contribution is 0.409. The molecule has 0 aromatic heterocycles. The molecule has 0 aliphatic rings. The highest BCUT2D eigenvalue weighted by Gasteiger charge is 2.19. The first-order valence-corrected chi connectivity index (χ1v) is 6.41. The van der Waals surface area contributed by atoms with E-state index in [1.165, 1.54) is 0 Å². The van der Waals surface area contributed by atoms with Gasteiger partial charge in [0.2, 0.25) is 0 Å². The maximum absolute atomic E-state index is 6.18. The fourth-order valence-electron chi connectivity index (χ4n) is 2.19. The lowest BCUT2D eigenvalue weighted by Crippen LogP contribution is -2.10. The standard InChI is InChI=1S/C15H17ClN2O/c1-9(17)13-11(10-6-4-3-5-7-10)8-12(16)14(18)15(13)19-2/h3-9H,17-18H2,1-2H3/t9-/m1/s1. The molecule has 0 aliphatic heterocycles. The molecule has 0 heterocycles. The summed E-state index contributed by atoms with van der Waals surface area (Å²) in [5.41, 5.74) is 15.3. The Labute approximate surface area is 118 Å². The van der Waals surface area contributed by atoms with Gasteiger partial charge >= 0.3 is 0 Å². The summed E-state index contributed by atoms with van der Waals surface area (Å²) >= 11 is 6.18. The van der Waals surface area contributed by atoms with Gasteiger partial charge in [-0.2, -0.15) is 0 Å². The van der Waals surface area contributed by atoms with Crippen LogP contribution >= 0.6 is 11.6 Å². The summed E-state index contributed by atoms with van der Waals surface area (Å²) in [6.07, 6.45) is 0. The first-order chi connectivity index (χ1) is 9.06. The van der Waals surface area contributed by atoms with Crippen LogP contribution in [0.2, 0.25) is 5.02 Å². The Hall–Kier alpha value is -1.71. The van der Waals surface area contributed by atoms with Crippen molar-refractivity contribution in [3.05, 3.63) is 47.0 Å². The lowest BCUT2D eigenvalue weighted by Gasteiger charge is -2.20. The van der Waals surface area contributed by atoms with Crippen molar-refractivity contribution in [1.82, 2.24) is 0 Å². The number of hydrogen-bond acceptors (Lipinski definition) is 3. The first kappa shape index (κ1) is 13.7. The van der Waals surface area contributed by atoms with E-state index in [0.717, 1.165) is 16.7 Å². The van der Waals surface area contributed by atoms with Crippen molar-refractivity contribution < 1.29 is 4.74 Å². The van der Waals surface area contributed by atoms with E-state index in [1.54, 1.807) is 7.11 Å². The maximum atomic E-state index is 6.18. The topological polar surface area (TPSA) is 61.3 Å². The molecular formula is C15H17ClN2O. The summed E-state index contributed by atoms with van der Waals surface area (Å²) < 4.78 is 5.39. The van der Waals surface area contributed by atoms with Crippen LogP contribution in [-0.2, 0) is 0 Å². The molecule has 2 aromatic carbocycles. The van der Waals surface area contributed by atoms with Gasteiger partial charge in [-0.15, -0.1) is 0 Å². The number of nitrogens with two attached hydrogens (primary N) is 2. The van der Waals surface area contributed by atoms with Gasteiger partial charge in [0, 0.05) is 11.6 Å². The van der Waals surface area contributed by atoms with Crippen LogP contribution in [0.3, 0.4) is 0 Å². The van der Waals surface area contributed by atoms with Crippen LogP contribution in [0.25, 0.3) is 11.1 Å². The third kappa shape index (κ3) is 2.53. The van der Waals surface area contributed by atoms with Crippen molar-refractivity contribution in [2.24, 2.45) is 5.73 Å². The molecule has 0 unspecified atom stereocenters. The van der Waals surface area contributed by atoms with Gasteiger partial charge in [0.1, 0.15) is 5.75 Å². The average molecular weight is 277 g/mol. The van der Waals surface area contributed by atoms with Crippen molar-refractivity contribution in [1.29, 1.82) is 0 Å². The number of nitrogen functional groups attached to an aromatic ring is 1. The summed E-state index contributed by atoms with van der Waals surface area (Å²) in [5.74, 6) is 0.557. The molecule has 2 aromatic rings. The molecule has 0 saturated carbocycles. The zero-order chi connectivity index (χ0) is 14.0. The minimum absolute atomic E-state index is 0.204. The summed E-state index contributed by atoms with van der Waals surface area (Å²) in [4.78, 5) is 0. The van der Waals surface area contributed by atoms with E-state index in [9.17, 15) is 0 Å². The molecular weight excluding hydrogens is 260 g/mol. The van der Waals surface area contributed by atoms with E-state index in [1.807, 2.05) is 43.3 Å². The normalized spacial score (nSPS) is 12.2. The number of halogens is 1. The van der Waals surface area contributed by atoms with Gasteiger partial charge in [0.15, 0.2) is 0 Å². The smallest absolute Gasteiger partial charge is 0.148 e. The SMILES string of the molecule is COc1c(N)c(Cl)cc(-c2ccccc2)c1[C@@H](C)N. The Morgan fingerprint density at radius 2 is 1.84 bits per heavy atom. The molecule has 0 saturated heterocycles. The Morgan fingerprint density at radius 1 is 1.21 bits per heavy atom. The highest BCUT2D eigenvalue weighted by atomic mass is 35.5. The quantitative estimate of drug-likeness (QED) is 0.842. The summed E-state index contributed by atoms with van der Waals surface area (Å²) in [5, 5.41) is 0.472. The third-order valence-electron chi connectivity index (χ3n) is 3.05. The van der Waals surface area contributed by atoms with Crippen LogP contribution in [0.1, 0.15) is 18.5 Å². The second kappa shape index (κ2) is 5.51. The fourth-order valence-corrected chi connectivity index (χ4v) is 2.38. The highest BCUT2D eigenvalue weighted by Crippen LogP contribution is 2.42. The van der Waals surface area contributed by atoms with E-state index < -0.39 is 0 Å². The average Bonchev–Trinajstić information content (AvgIpc) is 2.41. The van der Waals surface area contributed by atoms with Gasteiger partial charge in [0.25, 0.3) is 0 Å². The molecule has 0 radical (unpaired) electrons. The maximum Gasteiger partial charge on any atom is 0.148 e. The number of hydrogen-bond donors (Lipinski definition) is 2. The Bertz CT molecular complexity index is 582. The van der Waals surface area contributed by atoms with Gasteiger partial charge in [0.05, 0.1) is 17.8 Å². The van der Waals surface area contributed by atoms with Crippen molar-refractivity contribution in [3.8, 4) is 16.9 Å². The van der Waals surface area contributed by atoms with E-state index in [4.69, 9.17) is 27.8 Å². The van der Waals surface area contributed by atoms with E-state index in [2.05, 4.69) is 0 Å². The van der Waals surface area contributed by atoms with E-state index >= 15 is 0 Å². The van der Waals surface area contributed by atoms with E-state index in [0.29, 0.717) is 16.5 Å². The predicted molar refractivity (Wildman–Crippen MR) is 80.5 cm³/mol. The largest absolute Gasteiger partial charge is 0.494 e. The molecule has 2 rings (SSSR count). The molecule has 0 amide bonds.